The van der Waals surface area contributed by atoms with Gasteiger partial charge in [-0.3, -0.25) is 4.40 Å². The van der Waals surface area contributed by atoms with Crippen molar-refractivity contribution in [3.8, 4) is 0 Å². The molecule has 2 heterocycles. The number of hydrogen-bond acceptors (Lipinski definition) is 3. The molecule has 2 aromatic heterocycles. The second-order valence-electron chi connectivity index (χ2n) is 2.40. The maximum Gasteiger partial charge on any atom is 0.194 e. The van der Waals surface area contributed by atoms with Crippen LogP contribution in [0.15, 0.2) is 11.6 Å². The molecule has 12 heavy (non-hydrogen) atoms. The van der Waals surface area contributed by atoms with Crippen molar-refractivity contribution in [2.45, 2.75) is 13.5 Å². The summed E-state index contributed by atoms with van der Waals surface area (Å²) in [7, 11) is 0. The van der Waals surface area contributed by atoms with E-state index < -0.39 is 0 Å². The highest BCUT2D eigenvalue weighted by molar-refractivity contribution is 7.15. The molecule has 0 atom stereocenters. The zero-order valence-electron chi connectivity index (χ0n) is 6.65. The van der Waals surface area contributed by atoms with Crippen molar-refractivity contribution in [1.29, 1.82) is 0 Å². The average molecular weight is 204 g/mol. The number of thiazole rings is 1. The summed E-state index contributed by atoms with van der Waals surface area (Å²) in [4.78, 5) is 5.38. The van der Waals surface area contributed by atoms with Gasteiger partial charge in [0.25, 0.3) is 0 Å². The van der Waals surface area contributed by atoms with E-state index in [1.807, 2.05) is 22.9 Å². The maximum atomic E-state index is 5.56. The van der Waals surface area contributed by atoms with Crippen molar-refractivity contribution in [2.75, 3.05) is 0 Å². The van der Waals surface area contributed by atoms with Gasteiger partial charge in [-0.2, -0.15) is 0 Å². The van der Waals surface area contributed by atoms with Gasteiger partial charge in [0.05, 0.1) is 11.4 Å². The molecule has 2 rings (SSSR count). The second kappa shape index (κ2) is 3.43. The first kappa shape index (κ1) is 9.51. The summed E-state index contributed by atoms with van der Waals surface area (Å²) in [5, 5.41) is 2.01. The number of fused-ring (bicyclic) bond motifs is 1. The van der Waals surface area contributed by atoms with Crippen LogP contribution in [0.4, 0.5) is 0 Å². The van der Waals surface area contributed by atoms with E-state index in [2.05, 4.69) is 4.98 Å². The third kappa shape index (κ3) is 1.22. The predicted octanol–water partition coefficient (Wildman–Crippen LogP) is 1.58. The average Bonchev–Trinajstić information content (AvgIpc) is 2.46. The van der Waals surface area contributed by atoms with Crippen molar-refractivity contribution in [2.24, 2.45) is 5.73 Å². The molecule has 0 aromatic carbocycles. The molecular formula is C7H10ClN3S. The van der Waals surface area contributed by atoms with E-state index >= 15 is 0 Å². The van der Waals surface area contributed by atoms with E-state index in [0.717, 1.165) is 16.3 Å². The molecule has 0 fully saturated rings. The third-order valence-corrected chi connectivity index (χ3v) is 2.51. The smallest absolute Gasteiger partial charge is 0.194 e. The van der Waals surface area contributed by atoms with Crippen molar-refractivity contribution in [3.05, 3.63) is 23.0 Å². The van der Waals surface area contributed by atoms with Gasteiger partial charge in [0.15, 0.2) is 4.96 Å². The predicted molar refractivity (Wildman–Crippen MR) is 52.9 cm³/mol. The van der Waals surface area contributed by atoms with Crippen LogP contribution in [0.3, 0.4) is 0 Å². The molecule has 0 bridgehead atoms. The summed E-state index contributed by atoms with van der Waals surface area (Å²) in [6.45, 7) is 2.55. The molecule has 2 aromatic rings. The highest BCUT2D eigenvalue weighted by Crippen LogP contribution is 2.15. The highest BCUT2D eigenvalue weighted by atomic mass is 35.5. The molecule has 0 amide bonds. The number of imidazole rings is 1. The lowest BCUT2D eigenvalue weighted by Gasteiger charge is -1.92. The highest BCUT2D eigenvalue weighted by Gasteiger charge is 2.06. The molecule has 5 heteroatoms. The molecule has 0 radical (unpaired) electrons. The number of aromatic nitrogens is 2. The van der Waals surface area contributed by atoms with E-state index in [1.54, 1.807) is 11.3 Å². The lowest BCUT2D eigenvalue weighted by Crippen LogP contribution is -2.01. The van der Waals surface area contributed by atoms with Crippen LogP contribution in [0.2, 0.25) is 0 Å². The fourth-order valence-electron chi connectivity index (χ4n) is 1.19. The number of nitrogens with two attached hydrogens (primary N) is 1. The minimum absolute atomic E-state index is 0. The van der Waals surface area contributed by atoms with Crippen LogP contribution in [-0.2, 0) is 6.54 Å². The van der Waals surface area contributed by atoms with Crippen molar-refractivity contribution in [3.63, 3.8) is 0 Å². The summed E-state index contributed by atoms with van der Waals surface area (Å²) in [5.41, 5.74) is 7.72. The Balaban J connectivity index is 0.000000720. The molecule has 0 spiro atoms. The molecule has 0 saturated carbocycles. The molecule has 2 N–H and O–H groups in total. The van der Waals surface area contributed by atoms with Crippen LogP contribution >= 0.6 is 23.7 Å². The van der Waals surface area contributed by atoms with Crippen LogP contribution in [0.1, 0.15) is 11.4 Å². The van der Waals surface area contributed by atoms with Crippen molar-refractivity contribution >= 4 is 28.7 Å². The van der Waals surface area contributed by atoms with Gasteiger partial charge in [0, 0.05) is 18.1 Å². The SMILES string of the molecule is Cc1nc2sccn2c1CN.Cl. The zero-order valence-corrected chi connectivity index (χ0v) is 8.28. The normalized spacial score (nSPS) is 10.2. The Morgan fingerprint density at radius 2 is 2.42 bits per heavy atom. The number of aryl methyl sites for hydroxylation is 1. The Kier molecular flexibility index (Phi) is 2.72. The van der Waals surface area contributed by atoms with Crippen LogP contribution in [0.25, 0.3) is 4.96 Å². The number of halogens is 1. The van der Waals surface area contributed by atoms with Gasteiger partial charge in [-0.05, 0) is 6.92 Å². The van der Waals surface area contributed by atoms with Crippen LogP contribution in [-0.4, -0.2) is 9.38 Å². The van der Waals surface area contributed by atoms with E-state index in [1.165, 1.54) is 0 Å². The summed E-state index contributed by atoms with van der Waals surface area (Å²) in [6, 6.07) is 0. The minimum atomic E-state index is 0. The van der Waals surface area contributed by atoms with Crippen LogP contribution < -0.4 is 5.73 Å². The Morgan fingerprint density at radius 3 is 3.08 bits per heavy atom. The van der Waals surface area contributed by atoms with Crippen LogP contribution in [0.5, 0.6) is 0 Å². The van der Waals surface area contributed by atoms with Gasteiger partial charge >= 0.3 is 0 Å². The first-order valence-electron chi connectivity index (χ1n) is 3.44. The molecule has 3 nitrogen and oxygen atoms in total. The number of rotatable bonds is 1. The first-order valence-corrected chi connectivity index (χ1v) is 4.32. The van der Waals surface area contributed by atoms with Gasteiger partial charge < -0.3 is 5.73 Å². The largest absolute Gasteiger partial charge is 0.325 e. The van der Waals surface area contributed by atoms with E-state index in [4.69, 9.17) is 5.73 Å². The third-order valence-electron chi connectivity index (χ3n) is 1.75. The molecule has 0 aliphatic carbocycles. The molecule has 0 aliphatic rings. The topological polar surface area (TPSA) is 43.3 Å². The molecular weight excluding hydrogens is 194 g/mol. The monoisotopic (exact) mass is 203 g/mol. The van der Waals surface area contributed by atoms with Gasteiger partial charge in [0.1, 0.15) is 0 Å². The standard InChI is InChI=1S/C7H9N3S.ClH/c1-5-6(4-8)10-2-3-11-7(10)9-5;/h2-3H,4,8H2,1H3;1H. The van der Waals surface area contributed by atoms with Crippen molar-refractivity contribution < 1.29 is 0 Å². The Morgan fingerprint density at radius 1 is 1.67 bits per heavy atom. The molecule has 0 saturated heterocycles. The zero-order chi connectivity index (χ0) is 7.84. The van der Waals surface area contributed by atoms with Crippen LogP contribution in [0, 0.1) is 6.92 Å². The van der Waals surface area contributed by atoms with E-state index in [9.17, 15) is 0 Å². The van der Waals surface area contributed by atoms with E-state index in [-0.39, 0.29) is 12.4 Å². The Labute approximate surface area is 80.6 Å². The van der Waals surface area contributed by atoms with Crippen molar-refractivity contribution in [1.82, 2.24) is 9.38 Å². The second-order valence-corrected chi connectivity index (χ2v) is 3.28. The fourth-order valence-corrected chi connectivity index (χ4v) is 1.97. The van der Waals surface area contributed by atoms with Gasteiger partial charge in [-0.25, -0.2) is 4.98 Å². The first-order chi connectivity index (χ1) is 5.33. The lowest BCUT2D eigenvalue weighted by atomic mass is 10.3. The molecule has 66 valence electrons. The molecule has 0 aliphatic heterocycles. The quantitative estimate of drug-likeness (QED) is 0.765. The van der Waals surface area contributed by atoms with Gasteiger partial charge in [0.2, 0.25) is 0 Å². The summed E-state index contributed by atoms with van der Waals surface area (Å²) in [5.74, 6) is 0. The minimum Gasteiger partial charge on any atom is -0.325 e. The summed E-state index contributed by atoms with van der Waals surface area (Å²) < 4.78 is 2.04. The number of hydrogen-bond donors (Lipinski definition) is 1. The molecule has 0 unspecified atom stereocenters. The van der Waals surface area contributed by atoms with E-state index in [0.29, 0.717) is 6.54 Å². The lowest BCUT2D eigenvalue weighted by molar-refractivity contribution is 0.949. The number of nitrogens with zero attached hydrogens (tertiary/aromatic N) is 2. The fraction of sp³-hybridized carbons (Fsp3) is 0.286. The van der Waals surface area contributed by atoms with Gasteiger partial charge in [-0.15, -0.1) is 23.7 Å². The van der Waals surface area contributed by atoms with Gasteiger partial charge in [-0.1, -0.05) is 0 Å². The Bertz CT molecular complexity index is 379. The summed E-state index contributed by atoms with van der Waals surface area (Å²) in [6.07, 6.45) is 2.00. The summed E-state index contributed by atoms with van der Waals surface area (Å²) >= 11 is 1.63. The Hall–Kier alpha value is -0.580. The maximum absolute atomic E-state index is 5.56.